The molecule has 0 aliphatic carbocycles. The van der Waals surface area contributed by atoms with E-state index in [2.05, 4.69) is 0 Å². The van der Waals surface area contributed by atoms with Gasteiger partial charge in [-0.3, -0.25) is 0 Å². The Bertz CT molecular complexity index is 419. The highest BCUT2D eigenvalue weighted by molar-refractivity contribution is 6.30. The third-order valence-corrected chi connectivity index (χ3v) is 2.62. The Balaban J connectivity index is 2.28. The van der Waals surface area contributed by atoms with Gasteiger partial charge in [-0.05, 0) is 35.4 Å². The van der Waals surface area contributed by atoms with Crippen molar-refractivity contribution in [3.05, 3.63) is 70.5 Å². The summed E-state index contributed by atoms with van der Waals surface area (Å²) in [6, 6.07) is 12.7. The molecule has 1 nitrogen and oxygen atoms in total. The van der Waals surface area contributed by atoms with Crippen LogP contribution in [-0.4, -0.2) is 5.11 Å². The SMILES string of the molecule is O[C@H](c1ccc(F)cc1)c1ccc(Cl)cc1. The van der Waals surface area contributed by atoms with Crippen molar-refractivity contribution in [3.63, 3.8) is 0 Å². The summed E-state index contributed by atoms with van der Waals surface area (Å²) in [6.07, 6.45) is -0.752. The molecule has 0 bridgehead atoms. The van der Waals surface area contributed by atoms with Gasteiger partial charge in [0.2, 0.25) is 0 Å². The van der Waals surface area contributed by atoms with Crippen LogP contribution in [0.15, 0.2) is 48.5 Å². The molecule has 2 rings (SSSR count). The van der Waals surface area contributed by atoms with Crippen molar-refractivity contribution in [1.29, 1.82) is 0 Å². The van der Waals surface area contributed by atoms with Gasteiger partial charge in [-0.15, -0.1) is 0 Å². The summed E-state index contributed by atoms with van der Waals surface area (Å²) >= 11 is 5.75. The molecular weight excluding hydrogens is 227 g/mol. The van der Waals surface area contributed by atoms with Crippen molar-refractivity contribution in [3.8, 4) is 0 Å². The number of aliphatic hydroxyl groups is 1. The summed E-state index contributed by atoms with van der Waals surface area (Å²) in [7, 11) is 0. The fourth-order valence-electron chi connectivity index (χ4n) is 1.48. The standard InChI is InChI=1S/C13H10ClFO/c14-11-5-1-9(2-6-11)13(16)10-3-7-12(15)8-4-10/h1-8,13,16H/t13-/m0/s1. The Morgan fingerprint density at radius 3 is 1.81 bits per heavy atom. The van der Waals surface area contributed by atoms with Crippen molar-refractivity contribution in [2.45, 2.75) is 6.10 Å². The molecule has 1 atom stereocenters. The minimum Gasteiger partial charge on any atom is -0.384 e. The first-order chi connectivity index (χ1) is 7.66. The Kier molecular flexibility index (Phi) is 3.22. The summed E-state index contributed by atoms with van der Waals surface area (Å²) in [5, 5.41) is 10.6. The lowest BCUT2D eigenvalue weighted by molar-refractivity contribution is 0.220. The second-order valence-corrected chi connectivity index (χ2v) is 3.94. The lowest BCUT2D eigenvalue weighted by Gasteiger charge is -2.11. The molecule has 2 aromatic carbocycles. The molecule has 82 valence electrons. The van der Waals surface area contributed by atoms with Gasteiger partial charge in [0.25, 0.3) is 0 Å². The van der Waals surface area contributed by atoms with E-state index in [1.807, 2.05) is 0 Å². The quantitative estimate of drug-likeness (QED) is 0.845. The lowest BCUT2D eigenvalue weighted by Crippen LogP contribution is -1.99. The van der Waals surface area contributed by atoms with E-state index in [1.165, 1.54) is 12.1 Å². The Morgan fingerprint density at radius 1 is 0.875 bits per heavy atom. The molecule has 0 saturated heterocycles. The zero-order valence-electron chi connectivity index (χ0n) is 8.40. The van der Waals surface area contributed by atoms with Crippen LogP contribution >= 0.6 is 11.6 Å². The Hall–Kier alpha value is -1.38. The van der Waals surface area contributed by atoms with Crippen LogP contribution in [-0.2, 0) is 0 Å². The van der Waals surface area contributed by atoms with Gasteiger partial charge in [-0.2, -0.15) is 0 Å². The van der Waals surface area contributed by atoms with E-state index in [4.69, 9.17) is 11.6 Å². The maximum absolute atomic E-state index is 12.7. The number of aliphatic hydroxyl groups excluding tert-OH is 1. The molecule has 0 aliphatic rings. The average Bonchev–Trinajstić information content (AvgIpc) is 2.30. The van der Waals surface area contributed by atoms with Gasteiger partial charge in [0.15, 0.2) is 0 Å². The maximum atomic E-state index is 12.7. The van der Waals surface area contributed by atoms with Crippen LogP contribution in [0.3, 0.4) is 0 Å². The molecule has 0 fully saturated rings. The summed E-state index contributed by atoms with van der Waals surface area (Å²) in [6.45, 7) is 0. The normalized spacial score (nSPS) is 12.4. The molecule has 16 heavy (non-hydrogen) atoms. The predicted octanol–water partition coefficient (Wildman–Crippen LogP) is 3.56. The van der Waals surface area contributed by atoms with E-state index in [1.54, 1.807) is 36.4 Å². The third-order valence-electron chi connectivity index (χ3n) is 2.37. The fourth-order valence-corrected chi connectivity index (χ4v) is 1.61. The molecule has 0 aromatic heterocycles. The van der Waals surface area contributed by atoms with Crippen molar-refractivity contribution < 1.29 is 9.50 Å². The van der Waals surface area contributed by atoms with Gasteiger partial charge < -0.3 is 5.11 Å². The number of hydrogen-bond donors (Lipinski definition) is 1. The van der Waals surface area contributed by atoms with Crippen LogP contribution in [0.2, 0.25) is 5.02 Å². The lowest BCUT2D eigenvalue weighted by atomic mass is 10.0. The highest BCUT2D eigenvalue weighted by Crippen LogP contribution is 2.23. The second kappa shape index (κ2) is 4.64. The van der Waals surface area contributed by atoms with Crippen LogP contribution < -0.4 is 0 Å². The largest absolute Gasteiger partial charge is 0.384 e. The molecule has 0 radical (unpaired) electrons. The maximum Gasteiger partial charge on any atom is 0.123 e. The minimum absolute atomic E-state index is 0.313. The molecule has 0 unspecified atom stereocenters. The van der Waals surface area contributed by atoms with E-state index >= 15 is 0 Å². The van der Waals surface area contributed by atoms with Crippen LogP contribution in [0, 0.1) is 5.82 Å². The highest BCUT2D eigenvalue weighted by atomic mass is 35.5. The first-order valence-corrected chi connectivity index (χ1v) is 5.23. The first kappa shape index (κ1) is 11.1. The zero-order valence-corrected chi connectivity index (χ0v) is 9.16. The minimum atomic E-state index is -0.752. The monoisotopic (exact) mass is 236 g/mol. The van der Waals surface area contributed by atoms with E-state index in [0.29, 0.717) is 10.6 Å². The van der Waals surface area contributed by atoms with Crippen molar-refractivity contribution in [1.82, 2.24) is 0 Å². The summed E-state index contributed by atoms with van der Waals surface area (Å²) in [5.74, 6) is -0.313. The van der Waals surface area contributed by atoms with Gasteiger partial charge in [0.1, 0.15) is 11.9 Å². The van der Waals surface area contributed by atoms with E-state index in [0.717, 1.165) is 5.56 Å². The van der Waals surface area contributed by atoms with Gasteiger partial charge in [0.05, 0.1) is 0 Å². The first-order valence-electron chi connectivity index (χ1n) is 4.86. The van der Waals surface area contributed by atoms with Crippen LogP contribution in [0.1, 0.15) is 17.2 Å². The van der Waals surface area contributed by atoms with Crippen LogP contribution in [0.25, 0.3) is 0 Å². The predicted molar refractivity (Wildman–Crippen MR) is 61.9 cm³/mol. The fraction of sp³-hybridized carbons (Fsp3) is 0.0769. The average molecular weight is 237 g/mol. The smallest absolute Gasteiger partial charge is 0.123 e. The second-order valence-electron chi connectivity index (χ2n) is 3.51. The van der Waals surface area contributed by atoms with Gasteiger partial charge in [-0.25, -0.2) is 4.39 Å². The summed E-state index contributed by atoms with van der Waals surface area (Å²) < 4.78 is 12.7. The summed E-state index contributed by atoms with van der Waals surface area (Å²) in [4.78, 5) is 0. The molecule has 0 aliphatic heterocycles. The van der Waals surface area contributed by atoms with Crippen molar-refractivity contribution in [2.75, 3.05) is 0 Å². The van der Waals surface area contributed by atoms with Crippen LogP contribution in [0.4, 0.5) is 4.39 Å². The number of halogens is 2. The molecule has 0 heterocycles. The van der Waals surface area contributed by atoms with E-state index in [-0.39, 0.29) is 5.82 Å². The van der Waals surface area contributed by atoms with Crippen molar-refractivity contribution >= 4 is 11.6 Å². The highest BCUT2D eigenvalue weighted by Gasteiger charge is 2.09. The van der Waals surface area contributed by atoms with Gasteiger partial charge in [0, 0.05) is 5.02 Å². The van der Waals surface area contributed by atoms with Gasteiger partial charge >= 0.3 is 0 Å². The van der Waals surface area contributed by atoms with E-state index in [9.17, 15) is 9.50 Å². The number of hydrogen-bond acceptors (Lipinski definition) is 1. The number of benzene rings is 2. The molecular formula is C13H10ClFO. The molecule has 0 saturated carbocycles. The van der Waals surface area contributed by atoms with Crippen molar-refractivity contribution in [2.24, 2.45) is 0 Å². The number of rotatable bonds is 2. The molecule has 0 amide bonds. The topological polar surface area (TPSA) is 20.2 Å². The third kappa shape index (κ3) is 2.40. The van der Waals surface area contributed by atoms with E-state index < -0.39 is 6.10 Å². The Labute approximate surface area is 98.1 Å². The summed E-state index contributed by atoms with van der Waals surface area (Å²) in [5.41, 5.74) is 1.39. The molecule has 3 heteroatoms. The molecule has 1 N–H and O–H groups in total. The zero-order chi connectivity index (χ0) is 11.5. The Morgan fingerprint density at radius 2 is 1.31 bits per heavy atom. The molecule has 2 aromatic rings. The van der Waals surface area contributed by atoms with Crippen LogP contribution in [0.5, 0.6) is 0 Å². The molecule has 0 spiro atoms. The van der Waals surface area contributed by atoms with Gasteiger partial charge in [-0.1, -0.05) is 35.9 Å².